The van der Waals surface area contributed by atoms with Crippen LogP contribution in [0, 0.1) is 19.8 Å². The fourth-order valence-electron chi connectivity index (χ4n) is 3.36. The van der Waals surface area contributed by atoms with E-state index in [2.05, 4.69) is 35.6 Å². The van der Waals surface area contributed by atoms with Crippen LogP contribution in [0.3, 0.4) is 0 Å². The van der Waals surface area contributed by atoms with Crippen LogP contribution in [0.25, 0.3) is 5.82 Å². The van der Waals surface area contributed by atoms with Crippen molar-refractivity contribution in [2.45, 2.75) is 26.7 Å². The maximum absolute atomic E-state index is 12.5. The molecular weight excluding hydrogens is 346 g/mol. The largest absolute Gasteiger partial charge is 0.356 e. The Bertz CT molecular complexity index is 934. The lowest BCUT2D eigenvalue weighted by atomic mass is 9.97. The highest BCUT2D eigenvalue weighted by atomic mass is 16.2. The Morgan fingerprint density at radius 2 is 1.93 bits per heavy atom. The molecule has 0 unspecified atom stereocenters. The number of carbonyl (C=O) groups is 1. The molecule has 10 nitrogen and oxygen atoms in total. The van der Waals surface area contributed by atoms with Gasteiger partial charge in [-0.05, 0) is 32.8 Å². The second kappa shape index (κ2) is 7.14. The van der Waals surface area contributed by atoms with Crippen LogP contribution in [-0.2, 0) is 4.79 Å². The normalized spacial score (nSPS) is 17.1. The summed E-state index contributed by atoms with van der Waals surface area (Å²) in [5, 5.41) is 11.9. The second-order valence-electron chi connectivity index (χ2n) is 6.70. The maximum atomic E-state index is 12.5. The minimum atomic E-state index is -0.131. The highest BCUT2D eigenvalue weighted by Gasteiger charge is 2.27. The van der Waals surface area contributed by atoms with Crippen molar-refractivity contribution < 1.29 is 4.79 Å². The maximum Gasteiger partial charge on any atom is 0.243 e. The minimum absolute atomic E-state index is 0.0488. The summed E-state index contributed by atoms with van der Waals surface area (Å²) >= 11 is 0. The van der Waals surface area contributed by atoms with Gasteiger partial charge in [0.2, 0.25) is 5.91 Å². The summed E-state index contributed by atoms with van der Waals surface area (Å²) in [7, 11) is 0. The molecule has 1 amide bonds. The number of aryl methyl sites for hydroxylation is 2. The molecule has 1 N–H and O–H groups in total. The van der Waals surface area contributed by atoms with Gasteiger partial charge in [0.15, 0.2) is 5.82 Å². The van der Waals surface area contributed by atoms with Gasteiger partial charge in [-0.1, -0.05) is 0 Å². The molecule has 140 valence electrons. The molecule has 0 aromatic carbocycles. The molecular formula is C17H21N9O. The van der Waals surface area contributed by atoms with Crippen molar-refractivity contribution in [3.63, 3.8) is 0 Å². The van der Waals surface area contributed by atoms with Gasteiger partial charge in [-0.3, -0.25) is 10.2 Å². The molecule has 0 bridgehead atoms. The first-order valence-corrected chi connectivity index (χ1v) is 8.86. The predicted octanol–water partition coefficient (Wildman–Crippen LogP) is 0.857. The van der Waals surface area contributed by atoms with Crippen molar-refractivity contribution in [3.8, 4) is 5.82 Å². The van der Waals surface area contributed by atoms with Gasteiger partial charge >= 0.3 is 0 Å². The zero-order valence-corrected chi connectivity index (χ0v) is 15.3. The number of carbonyl (C=O) groups excluding carboxylic acids is 1. The zero-order valence-electron chi connectivity index (χ0n) is 15.3. The molecule has 0 radical (unpaired) electrons. The van der Waals surface area contributed by atoms with Crippen LogP contribution in [0.15, 0.2) is 31.1 Å². The molecule has 1 aliphatic rings. The van der Waals surface area contributed by atoms with E-state index in [-0.39, 0.29) is 11.8 Å². The van der Waals surface area contributed by atoms with Gasteiger partial charge in [-0.25, -0.2) is 19.3 Å². The first kappa shape index (κ1) is 17.1. The topological polar surface area (TPSA) is 107 Å². The van der Waals surface area contributed by atoms with E-state index in [1.165, 1.54) is 17.3 Å². The number of amides is 1. The molecule has 0 aliphatic carbocycles. The van der Waals surface area contributed by atoms with Crippen molar-refractivity contribution in [2.75, 3.05) is 23.4 Å². The Kier molecular flexibility index (Phi) is 4.53. The first-order chi connectivity index (χ1) is 13.1. The standard InChI is InChI=1S/C17H21N9O/c1-12-6-13(2)26(22-12)16-7-15(18-9-19-16)24-5-3-4-14(8-24)17(27)23-25-10-20-21-11-25/h6-7,9-11,14H,3-5,8H2,1-2H3,(H,23,27)/t14-/m0/s1. The number of nitrogens with one attached hydrogen (secondary N) is 1. The fourth-order valence-corrected chi connectivity index (χ4v) is 3.36. The third-order valence-electron chi connectivity index (χ3n) is 4.64. The lowest BCUT2D eigenvalue weighted by Crippen LogP contribution is -2.42. The number of hydrogen-bond donors (Lipinski definition) is 1. The Morgan fingerprint density at radius 3 is 2.67 bits per heavy atom. The molecule has 4 heterocycles. The van der Waals surface area contributed by atoms with Crippen molar-refractivity contribution >= 4 is 11.7 Å². The monoisotopic (exact) mass is 367 g/mol. The molecule has 10 heteroatoms. The summed E-state index contributed by atoms with van der Waals surface area (Å²) in [4.78, 5) is 23.4. The summed E-state index contributed by atoms with van der Waals surface area (Å²) in [6.07, 6.45) is 6.22. The van der Waals surface area contributed by atoms with Crippen LogP contribution in [0.5, 0.6) is 0 Å². The van der Waals surface area contributed by atoms with Gasteiger partial charge in [0, 0.05) is 24.8 Å². The van der Waals surface area contributed by atoms with Gasteiger partial charge in [-0.15, -0.1) is 10.2 Å². The molecule has 3 aromatic heterocycles. The zero-order chi connectivity index (χ0) is 18.8. The Balaban J connectivity index is 1.50. The summed E-state index contributed by atoms with van der Waals surface area (Å²) < 4.78 is 3.27. The van der Waals surface area contributed by atoms with Crippen LogP contribution in [0.1, 0.15) is 24.2 Å². The van der Waals surface area contributed by atoms with Gasteiger partial charge in [0.25, 0.3) is 0 Å². The summed E-state index contributed by atoms with van der Waals surface area (Å²) in [6, 6.07) is 3.92. The molecule has 1 saturated heterocycles. The van der Waals surface area contributed by atoms with Crippen LogP contribution in [0.4, 0.5) is 5.82 Å². The fraction of sp³-hybridized carbons (Fsp3) is 0.412. The van der Waals surface area contributed by atoms with E-state index < -0.39 is 0 Å². The number of aromatic nitrogens is 7. The number of hydrogen-bond acceptors (Lipinski definition) is 7. The van der Waals surface area contributed by atoms with Crippen molar-refractivity contribution in [3.05, 3.63) is 42.5 Å². The third-order valence-corrected chi connectivity index (χ3v) is 4.64. The predicted molar refractivity (Wildman–Crippen MR) is 98.0 cm³/mol. The Hall–Kier alpha value is -3.30. The molecule has 0 spiro atoms. The first-order valence-electron chi connectivity index (χ1n) is 8.86. The van der Waals surface area contributed by atoms with Crippen LogP contribution < -0.4 is 10.3 Å². The molecule has 1 fully saturated rings. The lowest BCUT2D eigenvalue weighted by Gasteiger charge is -2.32. The third kappa shape index (κ3) is 3.64. The smallest absolute Gasteiger partial charge is 0.243 e. The lowest BCUT2D eigenvalue weighted by molar-refractivity contribution is -0.121. The van der Waals surface area contributed by atoms with Gasteiger partial charge in [-0.2, -0.15) is 5.10 Å². The number of nitrogens with zero attached hydrogens (tertiary/aromatic N) is 8. The molecule has 3 aromatic rings. The van der Waals surface area contributed by atoms with Gasteiger partial charge in [0.05, 0.1) is 11.6 Å². The van der Waals surface area contributed by atoms with E-state index in [9.17, 15) is 4.79 Å². The van der Waals surface area contributed by atoms with E-state index in [4.69, 9.17) is 0 Å². The quantitative estimate of drug-likeness (QED) is 0.729. The molecule has 1 atom stereocenters. The molecule has 0 saturated carbocycles. The van der Waals surface area contributed by atoms with Gasteiger partial charge < -0.3 is 4.90 Å². The van der Waals surface area contributed by atoms with Crippen LogP contribution in [0.2, 0.25) is 0 Å². The average molecular weight is 367 g/mol. The van der Waals surface area contributed by atoms with Crippen molar-refractivity contribution in [2.24, 2.45) is 5.92 Å². The van der Waals surface area contributed by atoms with Gasteiger partial charge in [0.1, 0.15) is 24.8 Å². The number of piperidine rings is 1. The molecule has 1 aliphatic heterocycles. The average Bonchev–Trinajstić information content (AvgIpc) is 3.31. The molecule has 4 rings (SSSR count). The highest BCUT2D eigenvalue weighted by molar-refractivity contribution is 5.86. The van der Waals surface area contributed by atoms with E-state index in [1.807, 2.05) is 26.0 Å². The summed E-state index contributed by atoms with van der Waals surface area (Å²) in [6.45, 7) is 5.40. The summed E-state index contributed by atoms with van der Waals surface area (Å²) in [5.74, 6) is 1.34. The highest BCUT2D eigenvalue weighted by Crippen LogP contribution is 2.23. The molecule has 27 heavy (non-hydrogen) atoms. The van der Waals surface area contributed by atoms with E-state index in [0.29, 0.717) is 6.54 Å². The van der Waals surface area contributed by atoms with E-state index in [1.54, 1.807) is 11.0 Å². The Morgan fingerprint density at radius 1 is 1.15 bits per heavy atom. The minimum Gasteiger partial charge on any atom is -0.356 e. The second-order valence-corrected chi connectivity index (χ2v) is 6.70. The van der Waals surface area contributed by atoms with Crippen molar-refractivity contribution in [1.82, 2.24) is 34.6 Å². The number of rotatable bonds is 4. The van der Waals surface area contributed by atoms with Crippen molar-refractivity contribution in [1.29, 1.82) is 0 Å². The number of anilines is 1. The van der Waals surface area contributed by atoms with Crippen LogP contribution >= 0.6 is 0 Å². The van der Waals surface area contributed by atoms with Crippen LogP contribution in [-0.4, -0.2) is 53.6 Å². The Labute approximate surface area is 156 Å². The summed E-state index contributed by atoms with van der Waals surface area (Å²) in [5.41, 5.74) is 4.75. The van der Waals surface area contributed by atoms with E-state index >= 15 is 0 Å². The van der Waals surface area contributed by atoms with E-state index in [0.717, 1.165) is 42.4 Å². The SMILES string of the molecule is Cc1cc(C)n(-c2cc(N3CCC[C@H](C(=O)Nn4cnnc4)C3)ncn2)n1.